The van der Waals surface area contributed by atoms with E-state index < -0.39 is 0 Å². The zero-order valence-corrected chi connectivity index (χ0v) is 11.9. The average Bonchev–Trinajstić information content (AvgIpc) is 2.56. The summed E-state index contributed by atoms with van der Waals surface area (Å²) >= 11 is 0. The van der Waals surface area contributed by atoms with Gasteiger partial charge >= 0.3 is 0 Å². The number of carbonyl (C=O) groups excluding carboxylic acids is 1. The normalized spacial score (nSPS) is 19.0. The molecule has 4 heteroatoms. The third-order valence-electron chi connectivity index (χ3n) is 3.73. The van der Waals surface area contributed by atoms with Crippen molar-refractivity contribution in [2.45, 2.75) is 25.9 Å². The van der Waals surface area contributed by atoms with E-state index in [1.165, 1.54) is 11.3 Å². The molecule has 0 fully saturated rings. The van der Waals surface area contributed by atoms with Crippen LogP contribution in [0.1, 0.15) is 18.9 Å². The lowest BCUT2D eigenvalue weighted by atomic mass is 10.1. The van der Waals surface area contributed by atoms with Gasteiger partial charge in [0.1, 0.15) is 6.61 Å². The number of benzene rings is 1. The van der Waals surface area contributed by atoms with Gasteiger partial charge in [0, 0.05) is 39.0 Å². The van der Waals surface area contributed by atoms with Crippen LogP contribution in [-0.4, -0.2) is 44.2 Å². The van der Waals surface area contributed by atoms with Crippen molar-refractivity contribution in [2.75, 3.05) is 32.2 Å². The molecule has 19 heavy (non-hydrogen) atoms. The van der Waals surface area contributed by atoms with Gasteiger partial charge in [0.15, 0.2) is 0 Å². The molecule has 0 saturated heterocycles. The minimum atomic E-state index is 0.0689. The molecule has 0 bridgehead atoms. The van der Waals surface area contributed by atoms with Crippen LogP contribution in [0.3, 0.4) is 0 Å². The number of rotatable bonds is 3. The van der Waals surface area contributed by atoms with Gasteiger partial charge in [-0.2, -0.15) is 0 Å². The smallest absolute Gasteiger partial charge is 0.249 e. The highest BCUT2D eigenvalue weighted by atomic mass is 16.5. The monoisotopic (exact) mass is 262 g/mol. The summed E-state index contributed by atoms with van der Waals surface area (Å²) in [6.45, 7) is 3.81. The second kappa shape index (κ2) is 6.06. The summed E-state index contributed by atoms with van der Waals surface area (Å²) in [4.78, 5) is 16.4. The van der Waals surface area contributed by atoms with Crippen molar-refractivity contribution in [3.63, 3.8) is 0 Å². The number of anilines is 1. The molecular weight excluding hydrogens is 240 g/mol. The summed E-state index contributed by atoms with van der Waals surface area (Å²) in [7, 11) is 3.66. The first-order chi connectivity index (χ1) is 9.17. The first kappa shape index (κ1) is 13.9. The summed E-state index contributed by atoms with van der Waals surface area (Å²) in [6, 6.07) is 8.52. The quantitative estimate of drug-likeness (QED) is 0.834. The molecule has 1 aromatic carbocycles. The molecule has 0 saturated carbocycles. The van der Waals surface area contributed by atoms with E-state index in [2.05, 4.69) is 31.0 Å². The highest BCUT2D eigenvalue weighted by Crippen LogP contribution is 2.26. The standard InChI is InChI=1S/C15H22N2O2/c1-4-13-10-16(2)14-8-6-5-7-12(14)9-17(13)15(18)11-19-3/h5-8,13H,4,9-11H2,1-3H3. The molecule has 0 aliphatic carbocycles. The lowest BCUT2D eigenvalue weighted by Gasteiger charge is -2.30. The molecule has 0 spiro atoms. The molecule has 104 valence electrons. The average molecular weight is 262 g/mol. The zero-order chi connectivity index (χ0) is 13.8. The first-order valence-electron chi connectivity index (χ1n) is 6.74. The Kier molecular flexibility index (Phi) is 4.43. The fourth-order valence-corrected chi connectivity index (χ4v) is 2.69. The maximum absolute atomic E-state index is 12.2. The van der Waals surface area contributed by atoms with Gasteiger partial charge in [0.2, 0.25) is 5.91 Å². The van der Waals surface area contributed by atoms with Crippen molar-refractivity contribution in [3.05, 3.63) is 29.8 Å². The van der Waals surface area contributed by atoms with Crippen LogP contribution in [0.15, 0.2) is 24.3 Å². The molecule has 2 rings (SSSR count). The highest BCUT2D eigenvalue weighted by molar-refractivity contribution is 5.78. The molecule has 4 nitrogen and oxygen atoms in total. The summed E-state index contributed by atoms with van der Waals surface area (Å²) in [5.41, 5.74) is 2.42. The van der Waals surface area contributed by atoms with Crippen molar-refractivity contribution in [1.29, 1.82) is 0 Å². The van der Waals surface area contributed by atoms with Gasteiger partial charge < -0.3 is 14.5 Å². The van der Waals surface area contributed by atoms with Gasteiger partial charge in [0.05, 0.1) is 0 Å². The molecule has 0 radical (unpaired) electrons. The van der Waals surface area contributed by atoms with Crippen LogP contribution >= 0.6 is 0 Å². The molecule has 1 aliphatic rings. The number of fused-ring (bicyclic) bond motifs is 1. The van der Waals surface area contributed by atoms with Gasteiger partial charge in [-0.3, -0.25) is 4.79 Å². The number of hydrogen-bond donors (Lipinski definition) is 0. The second-order valence-corrected chi connectivity index (χ2v) is 5.03. The molecular formula is C15H22N2O2. The van der Waals surface area contributed by atoms with Crippen LogP contribution in [0.25, 0.3) is 0 Å². The minimum absolute atomic E-state index is 0.0689. The van der Waals surface area contributed by atoms with E-state index in [4.69, 9.17) is 4.74 Å². The van der Waals surface area contributed by atoms with Gasteiger partial charge in [-0.05, 0) is 18.1 Å². The van der Waals surface area contributed by atoms with Gasteiger partial charge in [-0.25, -0.2) is 0 Å². The topological polar surface area (TPSA) is 32.8 Å². The van der Waals surface area contributed by atoms with Crippen LogP contribution in [0.5, 0.6) is 0 Å². The Morgan fingerprint density at radius 3 is 2.84 bits per heavy atom. The fraction of sp³-hybridized carbons (Fsp3) is 0.533. The van der Waals surface area contributed by atoms with Crippen LogP contribution in [0.2, 0.25) is 0 Å². The number of para-hydroxylation sites is 1. The number of methoxy groups -OCH3 is 1. The van der Waals surface area contributed by atoms with E-state index in [0.29, 0.717) is 6.54 Å². The Labute approximate surface area is 115 Å². The minimum Gasteiger partial charge on any atom is -0.375 e. The molecule has 1 aromatic rings. The summed E-state index contributed by atoms with van der Waals surface area (Å²) in [5.74, 6) is 0.0689. The Morgan fingerprint density at radius 1 is 1.42 bits per heavy atom. The lowest BCUT2D eigenvalue weighted by molar-refractivity contribution is -0.138. The first-order valence-corrected chi connectivity index (χ1v) is 6.74. The van der Waals surface area contributed by atoms with Gasteiger partial charge in [0.25, 0.3) is 0 Å². The second-order valence-electron chi connectivity index (χ2n) is 5.03. The number of nitrogens with zero attached hydrogens (tertiary/aromatic N) is 2. The maximum Gasteiger partial charge on any atom is 0.249 e. The van der Waals surface area contributed by atoms with Crippen LogP contribution in [-0.2, 0) is 16.1 Å². The van der Waals surface area contributed by atoms with E-state index in [1.807, 2.05) is 17.0 Å². The third kappa shape index (κ3) is 2.89. The largest absolute Gasteiger partial charge is 0.375 e. The van der Waals surface area contributed by atoms with Crippen LogP contribution in [0.4, 0.5) is 5.69 Å². The SMILES string of the molecule is CCC1CN(C)c2ccccc2CN1C(=O)COC. The van der Waals surface area contributed by atoms with Crippen molar-refractivity contribution in [1.82, 2.24) is 4.90 Å². The predicted octanol–water partition coefficient (Wildman–Crippen LogP) is 1.89. The number of ether oxygens (including phenoxy) is 1. The van der Waals surface area contributed by atoms with Crippen molar-refractivity contribution < 1.29 is 9.53 Å². The van der Waals surface area contributed by atoms with E-state index in [1.54, 1.807) is 7.11 Å². The van der Waals surface area contributed by atoms with E-state index in [-0.39, 0.29) is 18.6 Å². The molecule has 1 amide bonds. The Hall–Kier alpha value is -1.55. The summed E-state index contributed by atoms with van der Waals surface area (Å²) in [6.07, 6.45) is 0.952. The molecule has 0 N–H and O–H groups in total. The zero-order valence-electron chi connectivity index (χ0n) is 11.9. The highest BCUT2D eigenvalue weighted by Gasteiger charge is 2.28. The third-order valence-corrected chi connectivity index (χ3v) is 3.73. The summed E-state index contributed by atoms with van der Waals surface area (Å²) < 4.78 is 5.00. The maximum atomic E-state index is 12.2. The van der Waals surface area contributed by atoms with Crippen LogP contribution in [0, 0.1) is 0 Å². The number of likely N-dealkylation sites (N-methyl/N-ethyl adjacent to an activating group) is 1. The van der Waals surface area contributed by atoms with Crippen molar-refractivity contribution >= 4 is 11.6 Å². The van der Waals surface area contributed by atoms with Gasteiger partial charge in [-0.15, -0.1) is 0 Å². The van der Waals surface area contributed by atoms with Crippen molar-refractivity contribution in [2.24, 2.45) is 0 Å². The van der Waals surface area contributed by atoms with E-state index in [9.17, 15) is 4.79 Å². The number of carbonyl (C=O) groups is 1. The van der Waals surface area contributed by atoms with E-state index >= 15 is 0 Å². The summed E-state index contributed by atoms with van der Waals surface area (Å²) in [5, 5.41) is 0. The van der Waals surface area contributed by atoms with Crippen LogP contribution < -0.4 is 4.90 Å². The fourth-order valence-electron chi connectivity index (χ4n) is 2.69. The van der Waals surface area contributed by atoms with Gasteiger partial charge in [-0.1, -0.05) is 25.1 Å². The number of hydrogen-bond acceptors (Lipinski definition) is 3. The molecule has 1 unspecified atom stereocenters. The Bertz CT molecular complexity index is 448. The number of amides is 1. The Balaban J connectivity index is 2.31. The predicted molar refractivity (Wildman–Crippen MR) is 76.2 cm³/mol. The lowest BCUT2D eigenvalue weighted by Crippen LogP contribution is -2.44. The molecule has 0 aromatic heterocycles. The Morgan fingerprint density at radius 2 is 2.16 bits per heavy atom. The molecule has 1 aliphatic heterocycles. The molecule has 1 atom stereocenters. The molecule has 1 heterocycles. The van der Waals surface area contributed by atoms with Crippen molar-refractivity contribution in [3.8, 4) is 0 Å². The van der Waals surface area contributed by atoms with E-state index in [0.717, 1.165) is 13.0 Å².